The van der Waals surface area contributed by atoms with Gasteiger partial charge < -0.3 is 33.8 Å². The summed E-state index contributed by atoms with van der Waals surface area (Å²) in [4.78, 5) is 72.7. The normalized spacial score (nSPS) is 14.3. The number of esters is 4. The van der Waals surface area contributed by atoms with Gasteiger partial charge in [-0.2, -0.15) is 0 Å². The number of carbonyl (C=O) groups is 4. The Morgan fingerprint density at radius 2 is 0.531 bits per heavy atom. The Kier molecular flexibility index (Phi) is 67.4. The van der Waals surface area contributed by atoms with Crippen molar-refractivity contribution in [3.8, 4) is 0 Å². The van der Waals surface area contributed by atoms with Crippen molar-refractivity contribution in [1.29, 1.82) is 0 Å². The molecule has 0 radical (unpaired) electrons. The highest BCUT2D eigenvalue weighted by atomic mass is 31.2. The number of phosphoric ester groups is 2. The fraction of sp³-hybridized carbons (Fsp3) is 0.948. The van der Waals surface area contributed by atoms with Gasteiger partial charge in [0.05, 0.1) is 26.4 Å². The summed E-state index contributed by atoms with van der Waals surface area (Å²) in [6.45, 7) is 9.63. The maximum atomic E-state index is 13.1. The van der Waals surface area contributed by atoms with E-state index in [1.165, 1.54) is 218 Å². The van der Waals surface area contributed by atoms with Crippen LogP contribution in [0.25, 0.3) is 0 Å². The summed E-state index contributed by atoms with van der Waals surface area (Å²) in [5, 5.41) is 10.6. The number of phosphoric acid groups is 2. The van der Waals surface area contributed by atoms with Gasteiger partial charge in [-0.15, -0.1) is 0 Å². The number of aliphatic hydroxyl groups is 1. The van der Waals surface area contributed by atoms with E-state index >= 15 is 0 Å². The minimum atomic E-state index is -4.96. The van der Waals surface area contributed by atoms with Crippen LogP contribution < -0.4 is 0 Å². The van der Waals surface area contributed by atoms with Gasteiger partial charge in [0.2, 0.25) is 0 Å². The molecule has 0 saturated carbocycles. The van der Waals surface area contributed by atoms with Crippen LogP contribution in [0.15, 0.2) is 0 Å². The summed E-state index contributed by atoms with van der Waals surface area (Å²) in [7, 11) is -9.91. The van der Waals surface area contributed by atoms with Gasteiger partial charge in [-0.1, -0.05) is 350 Å². The summed E-state index contributed by atoms with van der Waals surface area (Å²) >= 11 is 0. The van der Waals surface area contributed by atoms with E-state index in [1.54, 1.807) is 0 Å². The van der Waals surface area contributed by atoms with E-state index in [9.17, 15) is 43.2 Å². The van der Waals surface area contributed by atoms with Crippen molar-refractivity contribution >= 4 is 39.5 Å². The van der Waals surface area contributed by atoms with Crippen LogP contribution in [0.5, 0.6) is 0 Å². The van der Waals surface area contributed by atoms with E-state index < -0.39 is 97.5 Å². The molecule has 19 heteroatoms. The van der Waals surface area contributed by atoms with E-state index in [1.807, 2.05) is 0 Å². The molecule has 0 rings (SSSR count). The zero-order chi connectivity index (χ0) is 70.7. The van der Waals surface area contributed by atoms with Crippen molar-refractivity contribution in [2.24, 2.45) is 11.8 Å². The number of hydrogen-bond donors (Lipinski definition) is 3. The molecule has 0 fully saturated rings. The Hall–Kier alpha value is -1.94. The number of carbonyl (C=O) groups excluding carboxylic acids is 4. The van der Waals surface area contributed by atoms with E-state index in [4.69, 9.17) is 37.0 Å². The molecule has 0 aliphatic carbocycles. The van der Waals surface area contributed by atoms with Crippen LogP contribution in [0.2, 0.25) is 0 Å². The molecular weight excluding hydrogens is 1260 g/mol. The standard InChI is InChI=1S/C77H150O17P2/c1-7-10-12-14-16-18-19-26-30-36-42-48-54-60-75(80)88-66-73(93-76(81)61-55-49-43-37-31-28-25-23-21-20-22-24-27-29-35-40-46-52-58-70(6)9-3)68-92-96(85,86)90-64-71(78)63-89-95(83,84)91-67-72(65-87-74(79)59-53-47-41-33-17-15-13-11-8-2)94-77(82)62-56-50-44-38-32-34-39-45-51-57-69(4)5/h69-73,78H,7-68H2,1-6H3,(H,83,84)(H,85,86)/t70?,71-,72+,73+/m0/s1. The molecule has 0 heterocycles. The van der Waals surface area contributed by atoms with Crippen LogP contribution in [0, 0.1) is 11.8 Å². The molecule has 0 aliphatic heterocycles. The van der Waals surface area contributed by atoms with Crippen molar-refractivity contribution < 1.29 is 80.2 Å². The number of rotatable bonds is 76. The lowest BCUT2D eigenvalue weighted by molar-refractivity contribution is -0.161. The molecule has 6 atom stereocenters. The van der Waals surface area contributed by atoms with Crippen LogP contribution in [-0.4, -0.2) is 96.7 Å². The Labute approximate surface area is 588 Å². The maximum Gasteiger partial charge on any atom is 0.472 e. The van der Waals surface area contributed by atoms with Crippen LogP contribution in [0.1, 0.15) is 401 Å². The molecular formula is C77H150O17P2. The van der Waals surface area contributed by atoms with Gasteiger partial charge in [-0.25, -0.2) is 9.13 Å². The van der Waals surface area contributed by atoms with Gasteiger partial charge in [-0.05, 0) is 37.5 Å². The largest absolute Gasteiger partial charge is 0.472 e. The summed E-state index contributed by atoms with van der Waals surface area (Å²) in [6, 6.07) is 0. The smallest absolute Gasteiger partial charge is 0.462 e. The lowest BCUT2D eigenvalue weighted by Crippen LogP contribution is -2.30. The second-order valence-corrected chi connectivity index (χ2v) is 31.4. The first kappa shape index (κ1) is 94.1. The summed E-state index contributed by atoms with van der Waals surface area (Å²) in [6.07, 6.45) is 56.9. The van der Waals surface area contributed by atoms with Gasteiger partial charge in [0.1, 0.15) is 19.3 Å². The van der Waals surface area contributed by atoms with Crippen molar-refractivity contribution in [3.63, 3.8) is 0 Å². The lowest BCUT2D eigenvalue weighted by atomic mass is 9.99. The number of hydrogen-bond acceptors (Lipinski definition) is 15. The van der Waals surface area contributed by atoms with Crippen molar-refractivity contribution in [3.05, 3.63) is 0 Å². The minimum absolute atomic E-state index is 0.105. The van der Waals surface area contributed by atoms with Crippen LogP contribution in [0.4, 0.5) is 0 Å². The predicted octanol–water partition coefficient (Wildman–Crippen LogP) is 22.7. The highest BCUT2D eigenvalue weighted by molar-refractivity contribution is 7.47. The zero-order valence-electron chi connectivity index (χ0n) is 62.7. The Balaban J connectivity index is 5.18. The fourth-order valence-electron chi connectivity index (χ4n) is 11.8. The fourth-order valence-corrected chi connectivity index (χ4v) is 13.4. The lowest BCUT2D eigenvalue weighted by Gasteiger charge is -2.21. The first-order valence-electron chi connectivity index (χ1n) is 40.0. The molecule has 570 valence electrons. The van der Waals surface area contributed by atoms with E-state index in [-0.39, 0.29) is 25.7 Å². The van der Waals surface area contributed by atoms with Crippen molar-refractivity contribution in [2.75, 3.05) is 39.6 Å². The van der Waals surface area contributed by atoms with E-state index in [0.717, 1.165) is 102 Å². The van der Waals surface area contributed by atoms with Gasteiger partial charge in [0.15, 0.2) is 12.2 Å². The molecule has 3 unspecified atom stereocenters. The van der Waals surface area contributed by atoms with Crippen LogP contribution >= 0.6 is 15.6 Å². The second-order valence-electron chi connectivity index (χ2n) is 28.5. The number of ether oxygens (including phenoxy) is 4. The van der Waals surface area contributed by atoms with E-state index in [0.29, 0.717) is 25.7 Å². The van der Waals surface area contributed by atoms with Gasteiger partial charge in [0, 0.05) is 25.7 Å². The number of unbranched alkanes of at least 4 members (excludes halogenated alkanes) is 45. The van der Waals surface area contributed by atoms with Crippen LogP contribution in [0.3, 0.4) is 0 Å². The average molecular weight is 1410 g/mol. The number of aliphatic hydroxyl groups excluding tert-OH is 1. The van der Waals surface area contributed by atoms with Crippen LogP contribution in [-0.2, 0) is 65.4 Å². The highest BCUT2D eigenvalue weighted by Gasteiger charge is 2.30. The Morgan fingerprint density at radius 1 is 0.302 bits per heavy atom. The highest BCUT2D eigenvalue weighted by Crippen LogP contribution is 2.45. The average Bonchev–Trinajstić information content (AvgIpc) is 3.76. The molecule has 0 aliphatic rings. The zero-order valence-corrected chi connectivity index (χ0v) is 64.5. The SMILES string of the molecule is CCCCCCCCCCCCCCCC(=O)OC[C@H](COP(=O)(O)OC[C@@H](O)COP(=O)(O)OC[C@@H](COC(=O)CCCCCCCCCCC)OC(=O)CCCCCCCCCCCC(C)C)OC(=O)CCCCCCCCCCCCCCCCCCCCC(C)CC. The third kappa shape index (κ3) is 69.2. The second kappa shape index (κ2) is 68.8. The Bertz CT molecular complexity index is 1860. The molecule has 0 saturated heterocycles. The molecule has 0 bridgehead atoms. The molecule has 17 nitrogen and oxygen atoms in total. The molecule has 3 N–H and O–H groups in total. The third-order valence-corrected chi connectivity index (χ3v) is 20.2. The summed E-state index contributed by atoms with van der Waals surface area (Å²) < 4.78 is 68.5. The maximum absolute atomic E-state index is 13.1. The predicted molar refractivity (Wildman–Crippen MR) is 391 cm³/mol. The molecule has 0 aromatic heterocycles. The Morgan fingerprint density at radius 3 is 0.792 bits per heavy atom. The molecule has 0 aromatic carbocycles. The first-order valence-corrected chi connectivity index (χ1v) is 43.0. The molecule has 0 amide bonds. The summed E-state index contributed by atoms with van der Waals surface area (Å²) in [5.41, 5.74) is 0. The molecule has 0 spiro atoms. The van der Waals surface area contributed by atoms with E-state index in [2.05, 4.69) is 41.5 Å². The topological polar surface area (TPSA) is 237 Å². The van der Waals surface area contributed by atoms with Gasteiger partial charge in [-0.3, -0.25) is 37.3 Å². The quantitative estimate of drug-likeness (QED) is 0.0222. The van der Waals surface area contributed by atoms with Crippen molar-refractivity contribution in [1.82, 2.24) is 0 Å². The van der Waals surface area contributed by atoms with Crippen molar-refractivity contribution in [2.45, 2.75) is 419 Å². The monoisotopic (exact) mass is 1410 g/mol. The third-order valence-electron chi connectivity index (χ3n) is 18.3. The summed E-state index contributed by atoms with van der Waals surface area (Å²) in [5.74, 6) is -0.508. The van der Waals surface area contributed by atoms with Gasteiger partial charge >= 0.3 is 39.5 Å². The molecule has 96 heavy (non-hydrogen) atoms. The first-order chi connectivity index (χ1) is 46.4. The minimum Gasteiger partial charge on any atom is -0.462 e. The molecule has 0 aromatic rings. The van der Waals surface area contributed by atoms with Gasteiger partial charge in [0.25, 0.3) is 0 Å².